The second kappa shape index (κ2) is 3.58. The highest BCUT2D eigenvalue weighted by molar-refractivity contribution is 14.1. The lowest BCUT2D eigenvalue weighted by Crippen LogP contribution is -2.48. The second-order valence-corrected chi connectivity index (χ2v) is 5.17. The zero-order valence-corrected chi connectivity index (χ0v) is 9.76. The van der Waals surface area contributed by atoms with Crippen LogP contribution in [-0.2, 0) is 0 Å². The van der Waals surface area contributed by atoms with Gasteiger partial charge in [-0.2, -0.15) is 0 Å². The van der Waals surface area contributed by atoms with Crippen molar-refractivity contribution in [1.29, 1.82) is 0 Å². The average Bonchev–Trinajstić information content (AvgIpc) is 1.95. The van der Waals surface area contributed by atoms with Crippen LogP contribution in [0.5, 0.6) is 0 Å². The zero-order valence-electron chi connectivity index (χ0n) is 7.60. The number of piperidine rings is 1. The first-order valence-corrected chi connectivity index (χ1v) is 5.09. The van der Waals surface area contributed by atoms with E-state index in [2.05, 4.69) is 51.9 Å². The van der Waals surface area contributed by atoms with E-state index in [-0.39, 0.29) is 0 Å². The van der Waals surface area contributed by atoms with Crippen molar-refractivity contribution < 1.29 is 0 Å². The van der Waals surface area contributed by atoms with Gasteiger partial charge in [0, 0.05) is 41.5 Å². The molecule has 0 spiro atoms. The first kappa shape index (κ1) is 9.74. The van der Waals surface area contributed by atoms with Crippen LogP contribution in [0.15, 0.2) is 0 Å². The van der Waals surface area contributed by atoms with Gasteiger partial charge >= 0.3 is 0 Å². The van der Waals surface area contributed by atoms with Gasteiger partial charge in [0.1, 0.15) is 0 Å². The SMILES string of the molecule is CN(C)C1(C)CCN(I)CC1. The van der Waals surface area contributed by atoms with E-state index in [1.165, 1.54) is 25.9 Å². The van der Waals surface area contributed by atoms with Crippen molar-refractivity contribution >= 4 is 22.9 Å². The highest BCUT2D eigenvalue weighted by atomic mass is 127. The van der Waals surface area contributed by atoms with Gasteiger partial charge in [0.2, 0.25) is 0 Å². The van der Waals surface area contributed by atoms with Gasteiger partial charge in [-0.1, -0.05) is 0 Å². The molecule has 0 aromatic rings. The van der Waals surface area contributed by atoms with E-state index in [1.807, 2.05) is 0 Å². The number of hydrogen-bond donors (Lipinski definition) is 0. The molecule has 3 heteroatoms. The summed E-state index contributed by atoms with van der Waals surface area (Å²) in [4.78, 5) is 2.36. The monoisotopic (exact) mass is 268 g/mol. The first-order chi connectivity index (χ1) is 5.04. The number of rotatable bonds is 1. The molecule has 1 saturated heterocycles. The Labute approximate surface area is 83.4 Å². The molecule has 66 valence electrons. The molecule has 0 atom stereocenters. The Hall–Kier alpha value is 0.650. The van der Waals surface area contributed by atoms with Crippen molar-refractivity contribution in [3.05, 3.63) is 0 Å². The van der Waals surface area contributed by atoms with Gasteiger partial charge in [0.05, 0.1) is 0 Å². The summed E-state index contributed by atoms with van der Waals surface area (Å²) in [5, 5.41) is 0. The largest absolute Gasteiger partial charge is 0.304 e. The molecule has 1 heterocycles. The summed E-state index contributed by atoms with van der Waals surface area (Å²) >= 11 is 2.41. The third kappa shape index (κ3) is 2.29. The maximum atomic E-state index is 2.41. The van der Waals surface area contributed by atoms with E-state index >= 15 is 0 Å². The minimum absolute atomic E-state index is 0.446. The molecule has 0 saturated carbocycles. The van der Waals surface area contributed by atoms with Crippen molar-refractivity contribution in [1.82, 2.24) is 8.01 Å². The Morgan fingerprint density at radius 2 is 1.73 bits per heavy atom. The lowest BCUT2D eigenvalue weighted by Gasteiger charge is -2.42. The Bertz CT molecular complexity index is 128. The fraction of sp³-hybridized carbons (Fsp3) is 1.00. The third-order valence-corrected chi connectivity index (χ3v) is 3.83. The Morgan fingerprint density at radius 3 is 2.09 bits per heavy atom. The number of nitrogens with zero attached hydrogens (tertiary/aromatic N) is 2. The maximum absolute atomic E-state index is 2.41. The van der Waals surface area contributed by atoms with E-state index in [9.17, 15) is 0 Å². The quantitative estimate of drug-likeness (QED) is 0.528. The summed E-state index contributed by atoms with van der Waals surface area (Å²) in [6.45, 7) is 4.82. The van der Waals surface area contributed by atoms with Crippen molar-refractivity contribution in [3.8, 4) is 0 Å². The van der Waals surface area contributed by atoms with Crippen LogP contribution in [0, 0.1) is 0 Å². The molecule has 0 radical (unpaired) electrons. The van der Waals surface area contributed by atoms with Gasteiger partial charge in [0.25, 0.3) is 0 Å². The van der Waals surface area contributed by atoms with E-state index in [4.69, 9.17) is 0 Å². The summed E-state index contributed by atoms with van der Waals surface area (Å²) in [6.07, 6.45) is 2.59. The van der Waals surface area contributed by atoms with E-state index in [0.717, 1.165) is 0 Å². The fourth-order valence-electron chi connectivity index (χ4n) is 1.41. The number of halogens is 1. The molecule has 1 aliphatic rings. The van der Waals surface area contributed by atoms with Crippen LogP contribution in [0.2, 0.25) is 0 Å². The molecular weight excluding hydrogens is 251 g/mol. The predicted octanol–water partition coefficient (Wildman–Crippen LogP) is 1.75. The average molecular weight is 268 g/mol. The van der Waals surface area contributed by atoms with E-state index < -0.39 is 0 Å². The standard InChI is InChI=1S/C8H17IN2/c1-8(10(2)3)4-6-11(9)7-5-8/h4-7H2,1-3H3. The summed E-state index contributed by atoms with van der Waals surface area (Å²) < 4.78 is 2.38. The summed E-state index contributed by atoms with van der Waals surface area (Å²) in [7, 11) is 4.37. The molecular formula is C8H17IN2. The molecule has 0 aliphatic carbocycles. The lowest BCUT2D eigenvalue weighted by atomic mass is 9.89. The topological polar surface area (TPSA) is 6.48 Å². The summed E-state index contributed by atoms with van der Waals surface area (Å²) in [6, 6.07) is 0. The van der Waals surface area contributed by atoms with Crippen molar-refractivity contribution in [2.45, 2.75) is 25.3 Å². The fourth-order valence-corrected chi connectivity index (χ4v) is 1.89. The van der Waals surface area contributed by atoms with Gasteiger partial charge in [-0.25, -0.2) is 3.11 Å². The molecule has 0 N–H and O–H groups in total. The second-order valence-electron chi connectivity index (χ2n) is 3.80. The minimum Gasteiger partial charge on any atom is -0.304 e. The van der Waals surface area contributed by atoms with Crippen LogP contribution < -0.4 is 0 Å². The van der Waals surface area contributed by atoms with Crippen LogP contribution >= 0.6 is 22.9 Å². The van der Waals surface area contributed by atoms with Gasteiger partial charge in [0.15, 0.2) is 0 Å². The van der Waals surface area contributed by atoms with E-state index in [0.29, 0.717) is 5.54 Å². The molecule has 2 nitrogen and oxygen atoms in total. The van der Waals surface area contributed by atoms with Crippen LogP contribution in [-0.4, -0.2) is 40.7 Å². The van der Waals surface area contributed by atoms with Crippen LogP contribution in [0.3, 0.4) is 0 Å². The smallest absolute Gasteiger partial charge is 0.0201 e. The molecule has 1 aliphatic heterocycles. The molecule has 0 aromatic carbocycles. The Kier molecular flexibility index (Phi) is 3.17. The summed E-state index contributed by atoms with van der Waals surface area (Å²) in [5.74, 6) is 0. The lowest BCUT2D eigenvalue weighted by molar-refractivity contribution is 0.110. The predicted molar refractivity (Wildman–Crippen MR) is 56.9 cm³/mol. The van der Waals surface area contributed by atoms with Gasteiger partial charge in [-0.05, 0) is 33.9 Å². The zero-order chi connectivity index (χ0) is 8.48. The van der Waals surface area contributed by atoms with E-state index in [1.54, 1.807) is 0 Å². The number of hydrogen-bond acceptors (Lipinski definition) is 2. The van der Waals surface area contributed by atoms with Gasteiger partial charge in [-0.3, -0.25) is 0 Å². The molecule has 11 heavy (non-hydrogen) atoms. The molecule has 1 rings (SSSR count). The van der Waals surface area contributed by atoms with Crippen molar-refractivity contribution in [2.24, 2.45) is 0 Å². The minimum atomic E-state index is 0.446. The molecule has 0 amide bonds. The Morgan fingerprint density at radius 1 is 1.27 bits per heavy atom. The normalized spacial score (nSPS) is 25.9. The van der Waals surface area contributed by atoms with Crippen molar-refractivity contribution in [2.75, 3.05) is 27.2 Å². The molecule has 0 aromatic heterocycles. The molecule has 1 fully saturated rings. The molecule has 0 bridgehead atoms. The molecule has 0 unspecified atom stereocenters. The maximum Gasteiger partial charge on any atom is 0.0201 e. The highest BCUT2D eigenvalue weighted by Crippen LogP contribution is 2.27. The third-order valence-electron chi connectivity index (χ3n) is 2.87. The van der Waals surface area contributed by atoms with Gasteiger partial charge in [-0.15, -0.1) is 0 Å². The Balaban J connectivity index is 2.48. The first-order valence-electron chi connectivity index (χ1n) is 4.13. The highest BCUT2D eigenvalue weighted by Gasteiger charge is 2.30. The summed E-state index contributed by atoms with van der Waals surface area (Å²) in [5.41, 5.74) is 0.446. The van der Waals surface area contributed by atoms with Gasteiger partial charge < -0.3 is 4.90 Å². The van der Waals surface area contributed by atoms with Crippen LogP contribution in [0.4, 0.5) is 0 Å². The van der Waals surface area contributed by atoms with Crippen LogP contribution in [0.1, 0.15) is 19.8 Å². The van der Waals surface area contributed by atoms with Crippen LogP contribution in [0.25, 0.3) is 0 Å². The van der Waals surface area contributed by atoms with Crippen molar-refractivity contribution in [3.63, 3.8) is 0 Å².